The number of aromatic nitrogens is 7. The molecular formula is C31H29N7O3. The van der Waals surface area contributed by atoms with Crippen molar-refractivity contribution in [2.24, 2.45) is 14.1 Å². The molecule has 1 aliphatic rings. The Hall–Kier alpha value is -4.83. The summed E-state index contributed by atoms with van der Waals surface area (Å²) < 4.78 is 5.74. The van der Waals surface area contributed by atoms with Crippen molar-refractivity contribution >= 4 is 27.9 Å². The standard InChI is InChI=1S/C31H29N7O3/c1-17-23(13-21-14-36(2)35-29(21)32-17)30-33-27(28(37(30)3)19-9-10-19)22-5-4-6-25-24(22)15-38(34-25)16-26(39)18-7-11-20(12-8-18)31(40)41/h4-8,11-15,19,26,39H,9-10,16H2,1-3H3,(H,40,41)/t26-/m0/s1. The Kier molecular flexibility index (Phi) is 5.75. The minimum Gasteiger partial charge on any atom is -0.478 e. The van der Waals surface area contributed by atoms with Gasteiger partial charge in [-0.05, 0) is 49.6 Å². The first-order chi connectivity index (χ1) is 19.8. The van der Waals surface area contributed by atoms with E-state index in [9.17, 15) is 9.90 Å². The molecule has 0 aliphatic heterocycles. The summed E-state index contributed by atoms with van der Waals surface area (Å²) in [7, 11) is 3.98. The number of nitrogens with zero attached hydrogens (tertiary/aromatic N) is 7. The van der Waals surface area contributed by atoms with Gasteiger partial charge in [0.25, 0.3) is 0 Å². The van der Waals surface area contributed by atoms with Crippen LogP contribution in [0.1, 0.15) is 52.2 Å². The van der Waals surface area contributed by atoms with Crippen molar-refractivity contribution in [1.82, 2.24) is 34.1 Å². The van der Waals surface area contributed by atoms with E-state index in [-0.39, 0.29) is 12.1 Å². The smallest absolute Gasteiger partial charge is 0.335 e. The van der Waals surface area contributed by atoms with Crippen LogP contribution in [0, 0.1) is 6.92 Å². The fraction of sp³-hybridized carbons (Fsp3) is 0.258. The zero-order chi connectivity index (χ0) is 28.4. The van der Waals surface area contributed by atoms with E-state index in [0.29, 0.717) is 11.5 Å². The topological polar surface area (TPSA) is 124 Å². The highest BCUT2D eigenvalue weighted by molar-refractivity contribution is 5.95. The Bertz CT molecular complexity index is 1960. The predicted molar refractivity (Wildman–Crippen MR) is 155 cm³/mol. The molecule has 10 heteroatoms. The van der Waals surface area contributed by atoms with Crippen LogP contribution in [-0.2, 0) is 20.6 Å². The molecule has 10 nitrogen and oxygen atoms in total. The summed E-state index contributed by atoms with van der Waals surface area (Å²) in [6.07, 6.45) is 5.36. The number of carboxylic acids is 1. The number of pyridine rings is 1. The molecule has 2 aromatic carbocycles. The van der Waals surface area contributed by atoms with Gasteiger partial charge < -0.3 is 14.8 Å². The maximum Gasteiger partial charge on any atom is 0.335 e. The number of aliphatic hydroxyl groups excluding tert-OH is 1. The number of hydrogen-bond acceptors (Lipinski definition) is 6. The number of rotatable bonds is 7. The number of aliphatic hydroxyl groups is 1. The normalized spacial score (nSPS) is 14.2. The molecule has 1 aliphatic carbocycles. The number of hydrogen-bond donors (Lipinski definition) is 2. The quantitative estimate of drug-likeness (QED) is 0.288. The third-order valence-electron chi connectivity index (χ3n) is 7.90. The lowest BCUT2D eigenvalue weighted by molar-refractivity contribution is 0.0696. The van der Waals surface area contributed by atoms with Gasteiger partial charge in [-0.25, -0.2) is 14.8 Å². The van der Waals surface area contributed by atoms with Crippen molar-refractivity contribution in [1.29, 1.82) is 0 Å². The van der Waals surface area contributed by atoms with Gasteiger partial charge in [0.2, 0.25) is 0 Å². The molecule has 2 N–H and O–H groups in total. The molecule has 4 heterocycles. The first-order valence-electron chi connectivity index (χ1n) is 13.6. The van der Waals surface area contributed by atoms with Crippen molar-refractivity contribution in [3.63, 3.8) is 0 Å². The van der Waals surface area contributed by atoms with Gasteiger partial charge in [-0.15, -0.1) is 0 Å². The summed E-state index contributed by atoms with van der Waals surface area (Å²) in [4.78, 5) is 21.2. The predicted octanol–water partition coefficient (Wildman–Crippen LogP) is 5.00. The molecule has 1 atom stereocenters. The van der Waals surface area contributed by atoms with Gasteiger partial charge in [-0.2, -0.15) is 10.2 Å². The van der Waals surface area contributed by atoms with E-state index < -0.39 is 12.1 Å². The highest BCUT2D eigenvalue weighted by Gasteiger charge is 2.33. The molecule has 41 heavy (non-hydrogen) atoms. The number of fused-ring (bicyclic) bond motifs is 2. The van der Waals surface area contributed by atoms with Gasteiger partial charge >= 0.3 is 5.97 Å². The lowest BCUT2D eigenvalue weighted by Crippen LogP contribution is -2.09. The molecule has 0 spiro atoms. The van der Waals surface area contributed by atoms with E-state index in [2.05, 4.69) is 28.8 Å². The Morgan fingerprint density at radius 2 is 1.80 bits per heavy atom. The van der Waals surface area contributed by atoms with Crippen LogP contribution >= 0.6 is 0 Å². The van der Waals surface area contributed by atoms with Crippen LogP contribution in [0.5, 0.6) is 0 Å². The van der Waals surface area contributed by atoms with Gasteiger partial charge in [0.15, 0.2) is 5.65 Å². The van der Waals surface area contributed by atoms with Gasteiger partial charge in [0, 0.05) is 60.0 Å². The summed E-state index contributed by atoms with van der Waals surface area (Å²) in [5, 5.41) is 31.2. The second-order valence-electron chi connectivity index (χ2n) is 10.9. The number of benzene rings is 2. The molecule has 4 aromatic heterocycles. The summed E-state index contributed by atoms with van der Waals surface area (Å²) in [6.45, 7) is 2.24. The third-order valence-corrected chi connectivity index (χ3v) is 7.90. The number of aromatic carboxylic acids is 1. The van der Waals surface area contributed by atoms with Crippen LogP contribution in [0.4, 0.5) is 0 Å². The van der Waals surface area contributed by atoms with Crippen molar-refractivity contribution in [3.8, 4) is 22.6 Å². The third kappa shape index (κ3) is 4.36. The first-order valence-corrected chi connectivity index (χ1v) is 13.6. The maximum absolute atomic E-state index is 11.2. The van der Waals surface area contributed by atoms with Crippen LogP contribution in [0.15, 0.2) is 60.9 Å². The van der Waals surface area contributed by atoms with E-state index in [1.807, 2.05) is 38.5 Å². The minimum atomic E-state index is -0.996. The molecule has 0 unspecified atom stereocenters. The Morgan fingerprint density at radius 1 is 1.02 bits per heavy atom. The fourth-order valence-corrected chi connectivity index (χ4v) is 5.69. The lowest BCUT2D eigenvalue weighted by atomic mass is 10.0. The summed E-state index contributed by atoms with van der Waals surface area (Å²) in [5.41, 5.74) is 7.40. The summed E-state index contributed by atoms with van der Waals surface area (Å²) in [5.74, 6) is 0.332. The van der Waals surface area contributed by atoms with Crippen LogP contribution in [0.2, 0.25) is 0 Å². The highest BCUT2D eigenvalue weighted by atomic mass is 16.4. The summed E-state index contributed by atoms with van der Waals surface area (Å²) >= 11 is 0. The zero-order valence-corrected chi connectivity index (χ0v) is 23.0. The molecule has 1 saturated carbocycles. The summed E-state index contributed by atoms with van der Waals surface area (Å²) in [6, 6.07) is 14.4. The van der Waals surface area contributed by atoms with Crippen molar-refractivity contribution in [2.75, 3.05) is 0 Å². The van der Waals surface area contributed by atoms with E-state index in [0.717, 1.165) is 63.1 Å². The molecule has 0 radical (unpaired) electrons. The molecule has 0 amide bonds. The number of carboxylic acid groups (broad SMARTS) is 1. The monoisotopic (exact) mass is 547 g/mol. The van der Waals surface area contributed by atoms with Gasteiger partial charge in [0.05, 0.1) is 35.1 Å². The fourth-order valence-electron chi connectivity index (χ4n) is 5.69. The Balaban J connectivity index is 1.28. The Labute approximate surface area is 235 Å². The van der Waals surface area contributed by atoms with Crippen LogP contribution in [0.25, 0.3) is 44.6 Å². The van der Waals surface area contributed by atoms with Gasteiger partial charge in [0.1, 0.15) is 5.82 Å². The van der Waals surface area contributed by atoms with Crippen LogP contribution in [-0.4, -0.2) is 50.3 Å². The molecular weight excluding hydrogens is 518 g/mol. The number of aryl methyl sites for hydroxylation is 2. The average molecular weight is 548 g/mol. The average Bonchev–Trinajstić information content (AvgIpc) is 3.45. The van der Waals surface area contributed by atoms with Gasteiger partial charge in [-0.1, -0.05) is 24.3 Å². The largest absolute Gasteiger partial charge is 0.478 e. The van der Waals surface area contributed by atoms with Gasteiger partial charge in [-0.3, -0.25) is 9.36 Å². The van der Waals surface area contributed by atoms with E-state index >= 15 is 0 Å². The maximum atomic E-state index is 11.2. The first kappa shape index (κ1) is 25.2. The van der Waals surface area contributed by atoms with E-state index in [4.69, 9.17) is 20.2 Å². The van der Waals surface area contributed by atoms with E-state index in [1.54, 1.807) is 21.5 Å². The van der Waals surface area contributed by atoms with Crippen molar-refractivity contribution in [3.05, 3.63) is 83.4 Å². The number of carbonyl (C=O) groups is 1. The van der Waals surface area contributed by atoms with E-state index in [1.165, 1.54) is 17.8 Å². The van der Waals surface area contributed by atoms with Crippen molar-refractivity contribution in [2.45, 2.75) is 38.3 Å². The molecule has 7 rings (SSSR count). The van der Waals surface area contributed by atoms with Crippen LogP contribution < -0.4 is 0 Å². The van der Waals surface area contributed by atoms with Crippen molar-refractivity contribution < 1.29 is 15.0 Å². The van der Waals surface area contributed by atoms with Crippen LogP contribution in [0.3, 0.4) is 0 Å². The second-order valence-corrected chi connectivity index (χ2v) is 10.9. The second kappa shape index (κ2) is 9.38. The molecule has 206 valence electrons. The molecule has 6 aromatic rings. The lowest BCUT2D eigenvalue weighted by Gasteiger charge is -2.11. The molecule has 0 saturated heterocycles. The SMILES string of the molecule is Cc1nc2nn(C)cc2cc1-c1nc(-c2cccc3nn(C[C@H](O)c4ccc(C(=O)O)cc4)cc23)c(C2CC2)n1C. The zero-order valence-electron chi connectivity index (χ0n) is 23.0. The highest BCUT2D eigenvalue weighted by Crippen LogP contribution is 2.47. The molecule has 1 fully saturated rings. The minimum absolute atomic E-state index is 0.183. The molecule has 0 bridgehead atoms. The number of imidazole rings is 1. The Morgan fingerprint density at radius 3 is 2.54 bits per heavy atom.